The van der Waals surface area contributed by atoms with Gasteiger partial charge >= 0.3 is 0 Å². The molecule has 10 aromatic carbocycles. The molecule has 296 valence electrons. The molecule has 2 heteroatoms. The first kappa shape index (κ1) is 37.0. The molecule has 0 N–H and O–H groups in total. The van der Waals surface area contributed by atoms with Gasteiger partial charge in [-0.2, -0.15) is 0 Å². The summed E-state index contributed by atoms with van der Waals surface area (Å²) in [7, 11) is 0. The normalized spacial score (nSPS) is 12.6. The molecule has 11 aromatic rings. The van der Waals surface area contributed by atoms with Gasteiger partial charge in [-0.05, 0) is 121 Å². The van der Waals surface area contributed by atoms with Gasteiger partial charge in [-0.3, -0.25) is 0 Å². The highest BCUT2D eigenvalue weighted by Crippen LogP contribution is 2.57. The van der Waals surface area contributed by atoms with Gasteiger partial charge in [0.15, 0.2) is 0 Å². The molecule has 1 heterocycles. The molecule has 0 fully saturated rings. The van der Waals surface area contributed by atoms with Gasteiger partial charge in [0.25, 0.3) is 0 Å². The maximum absolute atomic E-state index is 2.50. The van der Waals surface area contributed by atoms with E-state index in [1.807, 2.05) is 11.3 Å². The van der Waals surface area contributed by atoms with E-state index in [0.717, 1.165) is 17.1 Å². The molecular formula is C61H41NS. The average Bonchev–Trinajstić information content (AvgIpc) is 3.89. The molecule has 12 rings (SSSR count). The van der Waals surface area contributed by atoms with E-state index in [-0.39, 0.29) is 0 Å². The lowest BCUT2D eigenvalue weighted by molar-refractivity contribution is 0.770. The van der Waals surface area contributed by atoms with Crippen LogP contribution in [0.15, 0.2) is 249 Å². The summed E-state index contributed by atoms with van der Waals surface area (Å²) in [6.45, 7) is 0. The SMILES string of the molecule is c1ccc(-c2ccc(N(c3cccc(-c4ccccc4)c3)c3cccc(-c4cccc5sc6ccc(C7(c8ccccc8)c8ccccc8-c8ccccc87)cc6c45)c3)cc2)cc1. The van der Waals surface area contributed by atoms with E-state index in [2.05, 4.69) is 254 Å². The van der Waals surface area contributed by atoms with Crippen molar-refractivity contribution in [1.29, 1.82) is 0 Å². The molecule has 0 radical (unpaired) electrons. The van der Waals surface area contributed by atoms with Crippen molar-refractivity contribution in [3.05, 3.63) is 271 Å². The lowest BCUT2D eigenvalue weighted by Gasteiger charge is -2.34. The van der Waals surface area contributed by atoms with Crippen LogP contribution in [0.5, 0.6) is 0 Å². The Hall–Kier alpha value is -7.78. The molecule has 1 aromatic heterocycles. The summed E-state index contributed by atoms with van der Waals surface area (Å²) in [6.07, 6.45) is 0. The van der Waals surface area contributed by atoms with Crippen LogP contribution in [-0.4, -0.2) is 0 Å². The first-order valence-corrected chi connectivity index (χ1v) is 22.5. The van der Waals surface area contributed by atoms with Gasteiger partial charge < -0.3 is 4.90 Å². The van der Waals surface area contributed by atoms with E-state index >= 15 is 0 Å². The fraction of sp³-hybridized carbons (Fsp3) is 0.0164. The van der Waals surface area contributed by atoms with Crippen LogP contribution in [0, 0.1) is 0 Å². The Balaban J connectivity index is 1.03. The fourth-order valence-electron chi connectivity index (χ4n) is 10.2. The number of nitrogens with zero attached hydrogens (tertiary/aromatic N) is 1. The maximum atomic E-state index is 2.50. The van der Waals surface area contributed by atoms with Crippen LogP contribution in [0.2, 0.25) is 0 Å². The highest BCUT2D eigenvalue weighted by atomic mass is 32.1. The van der Waals surface area contributed by atoms with Crippen LogP contribution in [0.1, 0.15) is 22.3 Å². The molecule has 63 heavy (non-hydrogen) atoms. The molecule has 0 saturated heterocycles. The smallest absolute Gasteiger partial charge is 0.0713 e. The van der Waals surface area contributed by atoms with Crippen molar-refractivity contribution < 1.29 is 0 Å². The van der Waals surface area contributed by atoms with Gasteiger partial charge in [-0.1, -0.05) is 194 Å². The Morgan fingerprint density at radius 3 is 1.48 bits per heavy atom. The van der Waals surface area contributed by atoms with Crippen molar-refractivity contribution in [1.82, 2.24) is 0 Å². The first-order chi connectivity index (χ1) is 31.2. The maximum Gasteiger partial charge on any atom is 0.0713 e. The molecule has 1 nitrogen and oxygen atoms in total. The van der Waals surface area contributed by atoms with Gasteiger partial charge in [-0.25, -0.2) is 0 Å². The fourth-order valence-corrected chi connectivity index (χ4v) is 11.3. The van der Waals surface area contributed by atoms with Crippen LogP contribution < -0.4 is 4.90 Å². The molecule has 0 atom stereocenters. The third-order valence-electron chi connectivity index (χ3n) is 12.9. The van der Waals surface area contributed by atoms with Crippen LogP contribution in [0.4, 0.5) is 17.1 Å². The number of fused-ring (bicyclic) bond motifs is 6. The number of thiophene rings is 1. The second-order valence-electron chi connectivity index (χ2n) is 16.4. The summed E-state index contributed by atoms with van der Waals surface area (Å²) in [4.78, 5) is 2.40. The summed E-state index contributed by atoms with van der Waals surface area (Å²) >= 11 is 1.88. The van der Waals surface area contributed by atoms with Gasteiger partial charge in [0, 0.05) is 37.2 Å². The Labute approximate surface area is 372 Å². The zero-order valence-corrected chi connectivity index (χ0v) is 35.3. The van der Waals surface area contributed by atoms with Gasteiger partial charge in [0.2, 0.25) is 0 Å². The highest BCUT2D eigenvalue weighted by Gasteiger charge is 2.46. The molecule has 0 unspecified atom stereocenters. The van der Waals surface area contributed by atoms with E-state index < -0.39 is 5.41 Å². The minimum absolute atomic E-state index is 0.462. The molecular weight excluding hydrogens is 779 g/mol. The molecule has 0 amide bonds. The predicted octanol–water partition coefficient (Wildman–Crippen LogP) is 16.9. The molecule has 0 saturated carbocycles. The third kappa shape index (κ3) is 6.14. The van der Waals surface area contributed by atoms with E-state index in [9.17, 15) is 0 Å². The summed E-state index contributed by atoms with van der Waals surface area (Å²) in [5, 5.41) is 2.58. The van der Waals surface area contributed by atoms with Crippen LogP contribution in [-0.2, 0) is 5.41 Å². The molecule has 0 bridgehead atoms. The summed E-state index contributed by atoms with van der Waals surface area (Å²) in [5.41, 5.74) is 17.9. The van der Waals surface area contributed by atoms with Crippen molar-refractivity contribution in [3.63, 3.8) is 0 Å². The third-order valence-corrected chi connectivity index (χ3v) is 14.1. The van der Waals surface area contributed by atoms with Crippen molar-refractivity contribution in [3.8, 4) is 44.5 Å². The van der Waals surface area contributed by atoms with Crippen LogP contribution in [0.3, 0.4) is 0 Å². The summed E-state index contributed by atoms with van der Waals surface area (Å²) in [6, 6.07) is 91.4. The second-order valence-corrected chi connectivity index (χ2v) is 17.5. The van der Waals surface area contributed by atoms with Crippen LogP contribution in [0.25, 0.3) is 64.7 Å². The van der Waals surface area contributed by atoms with E-state index in [4.69, 9.17) is 0 Å². The number of benzene rings is 10. The van der Waals surface area contributed by atoms with E-state index in [1.54, 1.807) is 0 Å². The van der Waals surface area contributed by atoms with Crippen molar-refractivity contribution in [2.45, 2.75) is 5.41 Å². The monoisotopic (exact) mass is 819 g/mol. The minimum atomic E-state index is -0.462. The summed E-state index contributed by atoms with van der Waals surface area (Å²) < 4.78 is 2.58. The first-order valence-electron chi connectivity index (χ1n) is 21.7. The van der Waals surface area contributed by atoms with Gasteiger partial charge in [-0.15, -0.1) is 11.3 Å². The second kappa shape index (κ2) is 15.3. The van der Waals surface area contributed by atoms with Crippen molar-refractivity contribution >= 4 is 48.6 Å². The van der Waals surface area contributed by atoms with Gasteiger partial charge in [0.05, 0.1) is 5.41 Å². The lowest BCUT2D eigenvalue weighted by atomic mass is 9.67. The van der Waals surface area contributed by atoms with Crippen molar-refractivity contribution in [2.75, 3.05) is 4.90 Å². The quantitative estimate of drug-likeness (QED) is 0.148. The molecule has 0 spiro atoms. The Morgan fingerprint density at radius 2 is 0.810 bits per heavy atom. The number of rotatable bonds is 8. The highest BCUT2D eigenvalue weighted by molar-refractivity contribution is 7.26. The van der Waals surface area contributed by atoms with Crippen LogP contribution >= 0.6 is 11.3 Å². The zero-order chi connectivity index (χ0) is 41.7. The van der Waals surface area contributed by atoms with E-state index in [0.29, 0.717) is 0 Å². The number of anilines is 3. The van der Waals surface area contributed by atoms with E-state index in [1.165, 1.54) is 86.9 Å². The Morgan fingerprint density at radius 1 is 0.302 bits per heavy atom. The topological polar surface area (TPSA) is 3.24 Å². The Kier molecular flexibility index (Phi) is 8.98. The summed E-state index contributed by atoms with van der Waals surface area (Å²) in [5.74, 6) is 0. The standard InChI is InChI=1S/C61H41NS/c1-4-17-42(18-5-1)44-33-36-49(37-34-44)62(50-25-14-21-45(39-50)43-19-6-2-7-20-43)51-26-15-22-46(40-51)52-29-16-32-59-60(52)55-41-48(35-38-58(55)63-59)61(47-23-8-3-9-24-47)56-30-12-10-27-53(56)54-28-11-13-31-57(54)61/h1-41H. The molecule has 1 aliphatic carbocycles. The molecule has 0 aliphatic heterocycles. The predicted molar refractivity (Wildman–Crippen MR) is 268 cm³/mol. The van der Waals surface area contributed by atoms with Crippen molar-refractivity contribution in [2.24, 2.45) is 0 Å². The van der Waals surface area contributed by atoms with Gasteiger partial charge in [0.1, 0.15) is 0 Å². The number of hydrogen-bond acceptors (Lipinski definition) is 2. The minimum Gasteiger partial charge on any atom is -0.310 e. The number of hydrogen-bond donors (Lipinski definition) is 0. The molecule has 1 aliphatic rings. The zero-order valence-electron chi connectivity index (χ0n) is 34.5. The lowest BCUT2D eigenvalue weighted by Crippen LogP contribution is -2.28. The average molecular weight is 820 g/mol. The Bertz CT molecular complexity index is 3400. The largest absolute Gasteiger partial charge is 0.310 e.